The molecule has 1 heterocycles. The number of hydrogen-bond donors (Lipinski definition) is 3. The largest absolute Gasteiger partial charge is 0.481 e. The van der Waals surface area contributed by atoms with Crippen LogP contribution in [0.4, 0.5) is 0 Å². The van der Waals surface area contributed by atoms with Crippen molar-refractivity contribution in [2.24, 2.45) is 0 Å². The molecule has 0 bridgehead atoms. The molecular weight excluding hydrogens is 234 g/mol. The second kappa shape index (κ2) is 5.17. The second-order valence-corrected chi connectivity index (χ2v) is 5.14. The minimum atomic E-state index is -4.10. The van der Waals surface area contributed by atoms with Crippen LogP contribution in [0, 0.1) is 0 Å². The topological polar surface area (TPSA) is 121 Å². The van der Waals surface area contributed by atoms with Crippen molar-refractivity contribution in [3.05, 3.63) is 0 Å². The third kappa shape index (κ3) is 5.78. The van der Waals surface area contributed by atoms with E-state index in [9.17, 15) is 13.2 Å². The van der Waals surface area contributed by atoms with E-state index in [1.165, 1.54) is 0 Å². The fraction of sp³-hybridized carbons (Fsp3) is 0.600. The fourth-order valence-corrected chi connectivity index (χ4v) is 2.30. The Morgan fingerprint density at radius 1 is 1.64 bits per heavy atom. The van der Waals surface area contributed by atoms with Gasteiger partial charge in [-0.15, -0.1) is 11.8 Å². The minimum Gasteiger partial charge on any atom is -0.481 e. The van der Waals surface area contributed by atoms with Crippen LogP contribution in [0.1, 0.15) is 6.92 Å². The van der Waals surface area contributed by atoms with E-state index in [2.05, 4.69) is 5.32 Å². The van der Waals surface area contributed by atoms with Crippen molar-refractivity contribution < 1.29 is 27.7 Å². The van der Waals surface area contributed by atoms with Gasteiger partial charge in [-0.3, -0.25) is 14.1 Å². The first-order valence-electron chi connectivity index (χ1n) is 3.30. The third-order valence-corrected chi connectivity index (χ3v) is 3.56. The number of thioether (sulfide) groups is 1. The zero-order valence-corrected chi connectivity index (χ0v) is 8.76. The number of rotatable bonds is 1. The number of aliphatic carboxylic acids is 1. The number of carbonyl (C=O) groups excluding carboxylic acids is 1. The molecule has 1 unspecified atom stereocenters. The first kappa shape index (κ1) is 13.2. The van der Waals surface area contributed by atoms with E-state index in [1.54, 1.807) is 0 Å². The lowest BCUT2D eigenvalue weighted by Crippen LogP contribution is -2.31. The predicted octanol–water partition coefficient (Wildman–Crippen LogP) is -0.888. The Labute approximate surface area is 84.6 Å². The molecule has 0 aromatic rings. The van der Waals surface area contributed by atoms with Gasteiger partial charge in [0, 0.05) is 6.92 Å². The summed E-state index contributed by atoms with van der Waals surface area (Å²) in [5.74, 6) is -1.11. The molecule has 9 heteroatoms. The molecule has 1 fully saturated rings. The van der Waals surface area contributed by atoms with Crippen molar-refractivity contribution in [3.8, 4) is 0 Å². The Kier molecular flexibility index (Phi) is 4.88. The van der Waals surface area contributed by atoms with E-state index in [1.807, 2.05) is 0 Å². The summed E-state index contributed by atoms with van der Waals surface area (Å²) in [6, 6.07) is 0. The summed E-state index contributed by atoms with van der Waals surface area (Å²) < 4.78 is 27.8. The summed E-state index contributed by atoms with van der Waals surface area (Å²) >= 11 is 0.859. The zero-order valence-electron chi connectivity index (χ0n) is 7.13. The van der Waals surface area contributed by atoms with E-state index >= 15 is 0 Å². The highest BCUT2D eigenvalue weighted by Gasteiger charge is 2.31. The monoisotopic (exact) mass is 243 g/mol. The van der Waals surface area contributed by atoms with Crippen molar-refractivity contribution in [1.82, 2.24) is 5.32 Å². The lowest BCUT2D eigenvalue weighted by molar-refractivity contribution is -0.134. The summed E-state index contributed by atoms with van der Waals surface area (Å²) in [6.45, 7) is 1.08. The van der Waals surface area contributed by atoms with Crippen LogP contribution in [-0.2, 0) is 19.7 Å². The summed E-state index contributed by atoms with van der Waals surface area (Å²) in [5.41, 5.74) is 0. The van der Waals surface area contributed by atoms with Crippen molar-refractivity contribution in [2.45, 2.75) is 11.6 Å². The Bertz CT molecular complexity index is 319. The van der Waals surface area contributed by atoms with Crippen LogP contribution in [0.25, 0.3) is 0 Å². The Balaban J connectivity index is 0.000000364. The minimum absolute atomic E-state index is 0.0878. The smallest absolute Gasteiger partial charge is 0.300 e. The zero-order chi connectivity index (χ0) is 11.4. The summed E-state index contributed by atoms with van der Waals surface area (Å²) in [7, 11) is -4.10. The molecule has 82 valence electrons. The highest BCUT2D eigenvalue weighted by atomic mass is 32.3. The molecule has 0 saturated carbocycles. The van der Waals surface area contributed by atoms with E-state index < -0.39 is 20.8 Å². The Morgan fingerprint density at radius 2 is 2.07 bits per heavy atom. The first-order valence-corrected chi connectivity index (χ1v) is 5.85. The quantitative estimate of drug-likeness (QED) is 0.511. The van der Waals surface area contributed by atoms with Crippen LogP contribution in [0.2, 0.25) is 0 Å². The lowest BCUT2D eigenvalue weighted by atomic mass is 10.7. The molecule has 0 aliphatic carbocycles. The maximum Gasteiger partial charge on any atom is 0.300 e. The average Bonchev–Trinajstić information content (AvgIpc) is 2.32. The molecule has 0 aromatic carbocycles. The molecule has 1 saturated heterocycles. The van der Waals surface area contributed by atoms with Crippen LogP contribution >= 0.6 is 11.8 Å². The van der Waals surface area contributed by atoms with Gasteiger partial charge in [-0.25, -0.2) is 0 Å². The van der Waals surface area contributed by atoms with Gasteiger partial charge in [0.2, 0.25) is 10.6 Å². The number of carboxylic acids is 1. The number of hydrogen-bond acceptors (Lipinski definition) is 5. The first-order chi connectivity index (χ1) is 6.23. The lowest BCUT2D eigenvalue weighted by Gasteiger charge is -2.02. The molecule has 0 aromatic heterocycles. The van der Waals surface area contributed by atoms with Crippen LogP contribution in [-0.4, -0.2) is 40.4 Å². The van der Waals surface area contributed by atoms with Gasteiger partial charge in [-0.1, -0.05) is 0 Å². The highest BCUT2D eigenvalue weighted by molar-refractivity contribution is 8.12. The standard InChI is InChI=1S/C3H5NO4S2.C2H4O2/c5-2-1-9-3(4-2)10(6,7)8;1-2(3)4/h3H,1H2,(H,4,5)(H,6,7,8);1H3,(H,3,4). The van der Waals surface area contributed by atoms with Crippen molar-refractivity contribution in [1.29, 1.82) is 0 Å². The van der Waals surface area contributed by atoms with Crippen LogP contribution in [0.3, 0.4) is 0 Å². The van der Waals surface area contributed by atoms with Gasteiger partial charge < -0.3 is 10.4 Å². The van der Waals surface area contributed by atoms with Gasteiger partial charge in [-0.2, -0.15) is 8.42 Å². The average molecular weight is 243 g/mol. The maximum absolute atomic E-state index is 10.4. The van der Waals surface area contributed by atoms with Gasteiger partial charge in [0.25, 0.3) is 16.1 Å². The van der Waals surface area contributed by atoms with E-state index in [0.717, 1.165) is 18.7 Å². The molecule has 0 radical (unpaired) electrons. The van der Waals surface area contributed by atoms with E-state index in [0.29, 0.717) is 0 Å². The molecule has 1 aliphatic rings. The predicted molar refractivity (Wildman–Crippen MR) is 49.2 cm³/mol. The van der Waals surface area contributed by atoms with Gasteiger partial charge in [-0.05, 0) is 0 Å². The number of amides is 1. The van der Waals surface area contributed by atoms with Crippen LogP contribution in [0.15, 0.2) is 0 Å². The molecule has 7 nitrogen and oxygen atoms in total. The fourth-order valence-electron chi connectivity index (χ4n) is 0.527. The highest BCUT2D eigenvalue weighted by Crippen LogP contribution is 2.18. The molecule has 14 heavy (non-hydrogen) atoms. The van der Waals surface area contributed by atoms with Crippen LogP contribution in [0.5, 0.6) is 0 Å². The van der Waals surface area contributed by atoms with Crippen LogP contribution < -0.4 is 5.32 Å². The molecule has 0 spiro atoms. The van der Waals surface area contributed by atoms with Gasteiger partial charge >= 0.3 is 0 Å². The Morgan fingerprint density at radius 3 is 2.21 bits per heavy atom. The van der Waals surface area contributed by atoms with Gasteiger partial charge in [0.05, 0.1) is 5.75 Å². The third-order valence-electron chi connectivity index (χ3n) is 0.915. The van der Waals surface area contributed by atoms with Crippen molar-refractivity contribution in [2.75, 3.05) is 5.75 Å². The van der Waals surface area contributed by atoms with Gasteiger partial charge in [0.1, 0.15) is 0 Å². The van der Waals surface area contributed by atoms with Crippen molar-refractivity contribution >= 4 is 33.8 Å². The summed E-state index contributed by atoms with van der Waals surface area (Å²) in [5, 5.41) is 9.50. The number of carbonyl (C=O) groups is 2. The normalized spacial score (nSPS) is 20.7. The molecule has 3 N–H and O–H groups in total. The SMILES string of the molecule is CC(=O)O.O=C1CSC(S(=O)(=O)O)N1. The van der Waals surface area contributed by atoms with E-state index in [4.69, 9.17) is 14.5 Å². The number of nitrogens with one attached hydrogen (secondary N) is 1. The molecule has 1 aliphatic heterocycles. The molecule has 1 atom stereocenters. The molecule has 1 rings (SSSR count). The Hall–Kier alpha value is -0.800. The number of carboxylic acid groups (broad SMARTS) is 1. The molecular formula is C5H9NO6S2. The summed E-state index contributed by atoms with van der Waals surface area (Å²) in [6.07, 6.45) is 0. The molecule has 1 amide bonds. The van der Waals surface area contributed by atoms with Crippen molar-refractivity contribution in [3.63, 3.8) is 0 Å². The second-order valence-electron chi connectivity index (χ2n) is 2.24. The maximum atomic E-state index is 10.4. The summed E-state index contributed by atoms with van der Waals surface area (Å²) in [4.78, 5) is 19.4. The van der Waals surface area contributed by atoms with E-state index in [-0.39, 0.29) is 11.7 Å². The van der Waals surface area contributed by atoms with Gasteiger partial charge in [0.15, 0.2) is 0 Å².